The number of aliphatic carboxylic acids is 1. The van der Waals surface area contributed by atoms with Crippen molar-refractivity contribution < 1.29 is 18.3 Å². The summed E-state index contributed by atoms with van der Waals surface area (Å²) in [4.78, 5) is 10.5. The highest BCUT2D eigenvalue weighted by atomic mass is 35.5. The summed E-state index contributed by atoms with van der Waals surface area (Å²) in [5.41, 5.74) is 1.68. The number of halogens is 1. The minimum Gasteiger partial charge on any atom is -0.481 e. The first-order valence-corrected chi connectivity index (χ1v) is 11.2. The molecule has 1 aromatic rings. The fourth-order valence-electron chi connectivity index (χ4n) is 2.99. The summed E-state index contributed by atoms with van der Waals surface area (Å²) < 4.78 is 27.4. The Balaban J connectivity index is 1.84. The molecule has 1 aliphatic rings. The number of rotatable bonds is 10. The van der Waals surface area contributed by atoms with Gasteiger partial charge >= 0.3 is 5.97 Å². The fraction of sp³-hybridized carbons (Fsp3) is 0.450. The molecule has 1 aliphatic carbocycles. The Bertz CT molecular complexity index is 785. The van der Waals surface area contributed by atoms with Gasteiger partial charge in [0, 0.05) is 17.1 Å². The molecule has 0 radical (unpaired) electrons. The number of carboxylic acids is 1. The molecule has 0 saturated carbocycles. The number of nitrogens with one attached hydrogen (secondary N) is 1. The number of hydrogen-bond acceptors (Lipinski definition) is 3. The highest BCUT2D eigenvalue weighted by Crippen LogP contribution is 2.23. The third-order valence-electron chi connectivity index (χ3n) is 4.40. The summed E-state index contributed by atoms with van der Waals surface area (Å²) in [6.07, 6.45) is 10.6. The van der Waals surface area contributed by atoms with E-state index in [4.69, 9.17) is 16.7 Å². The lowest BCUT2D eigenvalue weighted by molar-refractivity contribution is -0.137. The van der Waals surface area contributed by atoms with E-state index in [1.54, 1.807) is 12.1 Å². The second-order valence-corrected chi connectivity index (χ2v) is 9.04. The van der Waals surface area contributed by atoms with Crippen LogP contribution in [0.3, 0.4) is 0 Å². The van der Waals surface area contributed by atoms with Crippen molar-refractivity contribution in [3.8, 4) is 0 Å². The van der Waals surface area contributed by atoms with Crippen LogP contribution in [0.2, 0.25) is 5.02 Å². The van der Waals surface area contributed by atoms with Gasteiger partial charge in [0.25, 0.3) is 0 Å². The molecule has 27 heavy (non-hydrogen) atoms. The SMILES string of the molecule is O=C(O)CCCC=CC1C=C(NS(=O)(=O)CCc2ccc(Cl)cc2)CCC1. The molecule has 0 aliphatic heterocycles. The zero-order valence-corrected chi connectivity index (χ0v) is 16.8. The van der Waals surface area contributed by atoms with E-state index in [1.165, 1.54) is 0 Å². The van der Waals surface area contributed by atoms with Crippen molar-refractivity contribution in [2.45, 2.75) is 44.9 Å². The lowest BCUT2D eigenvalue weighted by Gasteiger charge is -2.20. The molecule has 1 atom stereocenters. The zero-order valence-electron chi connectivity index (χ0n) is 15.2. The van der Waals surface area contributed by atoms with Crippen LogP contribution in [0.5, 0.6) is 0 Å². The Morgan fingerprint density at radius 3 is 2.74 bits per heavy atom. The monoisotopic (exact) mass is 411 g/mol. The van der Waals surface area contributed by atoms with Crippen LogP contribution in [0.1, 0.15) is 44.1 Å². The number of carboxylic acid groups (broad SMARTS) is 1. The maximum absolute atomic E-state index is 12.4. The first-order chi connectivity index (χ1) is 12.8. The smallest absolute Gasteiger partial charge is 0.303 e. The molecule has 0 saturated heterocycles. The van der Waals surface area contributed by atoms with Crippen LogP contribution in [-0.4, -0.2) is 25.2 Å². The van der Waals surface area contributed by atoms with E-state index in [-0.39, 0.29) is 18.1 Å². The van der Waals surface area contributed by atoms with Gasteiger partial charge in [0.05, 0.1) is 5.75 Å². The normalized spacial score (nSPS) is 17.7. The maximum Gasteiger partial charge on any atom is 0.303 e. The van der Waals surface area contributed by atoms with Crippen LogP contribution in [0, 0.1) is 5.92 Å². The Hall–Kier alpha value is -1.79. The summed E-state index contributed by atoms with van der Waals surface area (Å²) in [6, 6.07) is 7.19. The lowest BCUT2D eigenvalue weighted by atomic mass is 9.93. The van der Waals surface area contributed by atoms with Gasteiger partial charge in [-0.3, -0.25) is 9.52 Å². The molecule has 0 aromatic heterocycles. The first-order valence-electron chi connectivity index (χ1n) is 9.18. The molecular formula is C20H26ClNO4S. The van der Waals surface area contributed by atoms with Crippen molar-refractivity contribution >= 4 is 27.6 Å². The van der Waals surface area contributed by atoms with Crippen LogP contribution in [0.4, 0.5) is 0 Å². The number of carbonyl (C=O) groups is 1. The van der Waals surface area contributed by atoms with Crippen molar-refractivity contribution in [2.24, 2.45) is 5.92 Å². The van der Waals surface area contributed by atoms with Gasteiger partial charge < -0.3 is 5.11 Å². The van der Waals surface area contributed by atoms with Crippen molar-refractivity contribution in [3.05, 3.63) is 58.8 Å². The number of benzene rings is 1. The molecule has 0 bridgehead atoms. The lowest BCUT2D eigenvalue weighted by Crippen LogP contribution is -2.28. The van der Waals surface area contributed by atoms with Gasteiger partial charge in [-0.05, 0) is 62.1 Å². The summed E-state index contributed by atoms with van der Waals surface area (Å²) in [5.74, 6) is -0.560. The van der Waals surface area contributed by atoms with E-state index in [0.717, 1.165) is 36.9 Å². The highest BCUT2D eigenvalue weighted by Gasteiger charge is 2.17. The molecule has 0 spiro atoms. The molecular weight excluding hydrogens is 386 g/mol. The second-order valence-electron chi connectivity index (χ2n) is 6.76. The minimum absolute atomic E-state index is 0.0294. The van der Waals surface area contributed by atoms with E-state index >= 15 is 0 Å². The number of aryl methyl sites for hydroxylation is 1. The summed E-state index contributed by atoms with van der Waals surface area (Å²) in [5, 5.41) is 9.26. The Labute approximate surface area is 166 Å². The van der Waals surface area contributed by atoms with Gasteiger partial charge in [0.15, 0.2) is 0 Å². The molecule has 0 amide bonds. The Morgan fingerprint density at radius 2 is 2.04 bits per heavy atom. The zero-order chi connectivity index (χ0) is 19.7. The average molecular weight is 412 g/mol. The number of unbranched alkanes of at least 4 members (excludes halogenated alkanes) is 1. The van der Waals surface area contributed by atoms with Crippen molar-refractivity contribution in [3.63, 3.8) is 0 Å². The topological polar surface area (TPSA) is 83.5 Å². The predicted octanol–water partition coefficient (Wildman–Crippen LogP) is 4.30. The first kappa shape index (κ1) is 21.5. The minimum atomic E-state index is -3.39. The standard InChI is InChI=1S/C20H26ClNO4S/c21-18-11-9-16(10-12-18)13-14-27(25,26)22-19-7-4-6-17(15-19)5-2-1-3-8-20(23)24/h2,5,9-12,15,17,22H,1,3-4,6-8,13-14H2,(H,23,24). The van der Waals surface area contributed by atoms with Gasteiger partial charge in [0.2, 0.25) is 10.0 Å². The van der Waals surface area contributed by atoms with E-state index in [2.05, 4.69) is 4.72 Å². The van der Waals surface area contributed by atoms with Gasteiger partial charge in [-0.1, -0.05) is 42.0 Å². The maximum atomic E-state index is 12.4. The molecule has 148 valence electrons. The Morgan fingerprint density at radius 1 is 1.30 bits per heavy atom. The predicted molar refractivity (Wildman–Crippen MR) is 108 cm³/mol. The molecule has 2 N–H and O–H groups in total. The summed E-state index contributed by atoms with van der Waals surface area (Å²) in [7, 11) is -3.39. The molecule has 0 heterocycles. The van der Waals surface area contributed by atoms with Gasteiger partial charge in [-0.15, -0.1) is 0 Å². The van der Waals surface area contributed by atoms with Crippen LogP contribution >= 0.6 is 11.6 Å². The number of hydrogen-bond donors (Lipinski definition) is 2. The summed E-state index contributed by atoms with van der Waals surface area (Å²) >= 11 is 5.84. The van der Waals surface area contributed by atoms with Gasteiger partial charge in [-0.2, -0.15) is 0 Å². The van der Waals surface area contributed by atoms with Crippen LogP contribution in [0.25, 0.3) is 0 Å². The molecule has 1 aromatic carbocycles. The average Bonchev–Trinajstić information content (AvgIpc) is 2.61. The number of sulfonamides is 1. The molecule has 2 rings (SSSR count). The van der Waals surface area contributed by atoms with E-state index in [1.807, 2.05) is 30.4 Å². The van der Waals surface area contributed by atoms with Crippen molar-refractivity contribution in [1.82, 2.24) is 4.72 Å². The molecule has 1 unspecified atom stereocenters. The number of allylic oxidation sites excluding steroid dienone is 4. The van der Waals surface area contributed by atoms with Crippen molar-refractivity contribution in [2.75, 3.05) is 5.75 Å². The highest BCUT2D eigenvalue weighted by molar-refractivity contribution is 7.89. The van der Waals surface area contributed by atoms with E-state index < -0.39 is 16.0 Å². The van der Waals surface area contributed by atoms with E-state index in [9.17, 15) is 13.2 Å². The third-order valence-corrected chi connectivity index (χ3v) is 5.97. The van der Waals surface area contributed by atoms with E-state index in [0.29, 0.717) is 17.9 Å². The quantitative estimate of drug-likeness (QED) is 0.444. The second kappa shape index (κ2) is 10.5. The van der Waals surface area contributed by atoms with Gasteiger partial charge in [-0.25, -0.2) is 8.42 Å². The molecule has 5 nitrogen and oxygen atoms in total. The van der Waals surface area contributed by atoms with Crippen LogP contribution in [0.15, 0.2) is 48.2 Å². The largest absolute Gasteiger partial charge is 0.481 e. The third kappa shape index (κ3) is 8.63. The van der Waals surface area contributed by atoms with Crippen molar-refractivity contribution in [1.29, 1.82) is 0 Å². The Kier molecular flexibility index (Phi) is 8.38. The fourth-order valence-corrected chi connectivity index (χ4v) is 4.29. The summed E-state index contributed by atoms with van der Waals surface area (Å²) in [6.45, 7) is 0. The molecule has 7 heteroatoms. The van der Waals surface area contributed by atoms with Crippen LogP contribution in [-0.2, 0) is 21.2 Å². The van der Waals surface area contributed by atoms with Crippen LogP contribution < -0.4 is 4.72 Å². The van der Waals surface area contributed by atoms with Gasteiger partial charge in [0.1, 0.15) is 0 Å². The molecule has 0 fully saturated rings.